The van der Waals surface area contributed by atoms with E-state index in [1.165, 1.54) is 32.1 Å². The number of thioether (sulfide) groups is 1. The highest BCUT2D eigenvalue weighted by atomic mass is 32.2. The van der Waals surface area contributed by atoms with Crippen LogP contribution in [0.3, 0.4) is 0 Å². The average Bonchev–Trinajstić information content (AvgIpc) is 2.78. The van der Waals surface area contributed by atoms with Gasteiger partial charge in [-0.25, -0.2) is 8.42 Å². The molecule has 1 saturated carbocycles. The minimum atomic E-state index is -2.84. The normalized spacial score (nSPS) is 32.0. The van der Waals surface area contributed by atoms with Crippen molar-refractivity contribution in [1.82, 2.24) is 5.32 Å². The lowest BCUT2D eigenvalue weighted by atomic mass is 9.75. The second-order valence-electron chi connectivity index (χ2n) is 6.48. The van der Waals surface area contributed by atoms with Crippen molar-refractivity contribution in [3.63, 3.8) is 0 Å². The Labute approximate surface area is 126 Å². The molecule has 3 rings (SSSR count). The van der Waals surface area contributed by atoms with E-state index in [1.54, 1.807) is 11.8 Å². The number of amidine groups is 1. The molecular weight excluding hydrogens is 292 g/mol. The van der Waals surface area contributed by atoms with Gasteiger partial charge >= 0.3 is 0 Å². The summed E-state index contributed by atoms with van der Waals surface area (Å²) in [7, 11) is -2.84. The zero-order chi connectivity index (χ0) is 14.1. The molecule has 2 fully saturated rings. The molecule has 0 radical (unpaired) electrons. The SMILES string of the molecule is O=S1(=O)CCCC1CNC1=NCC2(CCCCC2)CS1. The fraction of sp³-hybridized carbons (Fsp3) is 0.929. The Morgan fingerprint density at radius 3 is 2.65 bits per heavy atom. The van der Waals surface area contributed by atoms with E-state index >= 15 is 0 Å². The number of nitrogens with one attached hydrogen (secondary N) is 1. The van der Waals surface area contributed by atoms with Gasteiger partial charge in [-0.05, 0) is 31.1 Å². The molecule has 3 aliphatic rings. The van der Waals surface area contributed by atoms with E-state index in [0.717, 1.165) is 30.3 Å². The first-order chi connectivity index (χ1) is 9.60. The quantitative estimate of drug-likeness (QED) is 0.848. The van der Waals surface area contributed by atoms with E-state index in [2.05, 4.69) is 10.3 Å². The molecule has 114 valence electrons. The van der Waals surface area contributed by atoms with Crippen molar-refractivity contribution in [2.45, 2.75) is 50.2 Å². The van der Waals surface area contributed by atoms with E-state index in [9.17, 15) is 8.42 Å². The fourth-order valence-corrected chi connectivity index (χ4v) is 6.48. The molecule has 1 unspecified atom stereocenters. The second kappa shape index (κ2) is 5.87. The smallest absolute Gasteiger partial charge is 0.156 e. The molecule has 1 spiro atoms. The van der Waals surface area contributed by atoms with Gasteiger partial charge in [0.25, 0.3) is 0 Å². The summed E-state index contributed by atoms with van der Waals surface area (Å²) in [6.07, 6.45) is 8.31. The van der Waals surface area contributed by atoms with Crippen molar-refractivity contribution in [3.05, 3.63) is 0 Å². The summed E-state index contributed by atoms with van der Waals surface area (Å²) in [5, 5.41) is 4.04. The molecule has 4 nitrogen and oxygen atoms in total. The first-order valence-electron chi connectivity index (χ1n) is 7.72. The number of hydrogen-bond acceptors (Lipinski definition) is 5. The van der Waals surface area contributed by atoms with E-state index < -0.39 is 9.84 Å². The highest BCUT2D eigenvalue weighted by Crippen LogP contribution is 2.41. The Hall–Kier alpha value is -0.230. The monoisotopic (exact) mass is 316 g/mol. The van der Waals surface area contributed by atoms with Crippen molar-refractivity contribution >= 4 is 26.8 Å². The van der Waals surface area contributed by atoms with Gasteiger partial charge in [0, 0.05) is 18.8 Å². The topological polar surface area (TPSA) is 58.5 Å². The molecule has 0 bridgehead atoms. The highest BCUT2D eigenvalue weighted by Gasteiger charge is 2.35. The summed E-state index contributed by atoms with van der Waals surface area (Å²) < 4.78 is 23.6. The molecule has 0 aromatic heterocycles. The average molecular weight is 316 g/mol. The lowest BCUT2D eigenvalue weighted by molar-refractivity contribution is 0.232. The van der Waals surface area contributed by atoms with Crippen LogP contribution in [0, 0.1) is 5.41 Å². The molecule has 6 heteroatoms. The zero-order valence-electron chi connectivity index (χ0n) is 11.9. The summed E-state index contributed by atoms with van der Waals surface area (Å²) in [5.41, 5.74) is 0.438. The van der Waals surface area contributed by atoms with Crippen LogP contribution in [0.15, 0.2) is 4.99 Å². The van der Waals surface area contributed by atoms with Crippen LogP contribution >= 0.6 is 11.8 Å². The van der Waals surface area contributed by atoms with Crippen LogP contribution in [0.2, 0.25) is 0 Å². The number of aliphatic imine (C=N–C) groups is 1. The first kappa shape index (κ1) is 14.7. The predicted octanol–water partition coefficient (Wildman–Crippen LogP) is 2.21. The van der Waals surface area contributed by atoms with Gasteiger partial charge in [-0.2, -0.15) is 0 Å². The maximum Gasteiger partial charge on any atom is 0.156 e. The molecule has 0 amide bonds. The summed E-state index contributed by atoms with van der Waals surface area (Å²) >= 11 is 1.80. The third kappa shape index (κ3) is 3.16. The minimum Gasteiger partial charge on any atom is -0.364 e. The summed E-state index contributed by atoms with van der Waals surface area (Å²) in [5.74, 6) is 1.51. The Balaban J connectivity index is 1.52. The zero-order valence-corrected chi connectivity index (χ0v) is 13.6. The van der Waals surface area contributed by atoms with Gasteiger partial charge in [-0.1, -0.05) is 31.0 Å². The minimum absolute atomic E-state index is 0.198. The van der Waals surface area contributed by atoms with Crippen molar-refractivity contribution in [2.24, 2.45) is 10.4 Å². The second-order valence-corrected chi connectivity index (χ2v) is 9.85. The summed E-state index contributed by atoms with van der Waals surface area (Å²) in [6.45, 7) is 1.47. The van der Waals surface area contributed by atoms with Crippen molar-refractivity contribution < 1.29 is 8.42 Å². The predicted molar refractivity (Wildman–Crippen MR) is 85.1 cm³/mol. The number of hydrogen-bond donors (Lipinski definition) is 1. The van der Waals surface area contributed by atoms with E-state index in [-0.39, 0.29) is 5.25 Å². The maximum atomic E-state index is 11.8. The summed E-state index contributed by atoms with van der Waals surface area (Å²) in [6, 6.07) is 0. The van der Waals surface area contributed by atoms with Crippen LogP contribution in [0.1, 0.15) is 44.9 Å². The Morgan fingerprint density at radius 1 is 1.25 bits per heavy atom. The summed E-state index contributed by atoms with van der Waals surface area (Å²) in [4.78, 5) is 4.69. The molecule has 20 heavy (non-hydrogen) atoms. The maximum absolute atomic E-state index is 11.8. The molecule has 1 atom stereocenters. The Morgan fingerprint density at radius 2 is 2.05 bits per heavy atom. The van der Waals surface area contributed by atoms with Crippen LogP contribution < -0.4 is 5.32 Å². The van der Waals surface area contributed by atoms with E-state index in [0.29, 0.717) is 17.7 Å². The largest absolute Gasteiger partial charge is 0.364 e. The van der Waals surface area contributed by atoms with Crippen LogP contribution in [0.4, 0.5) is 0 Å². The van der Waals surface area contributed by atoms with Gasteiger partial charge in [-0.15, -0.1) is 0 Å². The van der Waals surface area contributed by atoms with Gasteiger partial charge in [0.1, 0.15) is 0 Å². The molecular formula is C14H24N2O2S2. The standard InChI is InChI=1S/C14H24N2O2S2/c17-20(18)8-4-5-12(20)9-15-13-16-10-14(11-19-13)6-2-1-3-7-14/h12H,1-11H2,(H,15,16). The van der Waals surface area contributed by atoms with Crippen molar-refractivity contribution in [2.75, 3.05) is 24.6 Å². The Kier molecular flexibility index (Phi) is 4.32. The number of sulfone groups is 1. The third-order valence-electron chi connectivity index (χ3n) is 4.93. The van der Waals surface area contributed by atoms with Gasteiger partial charge < -0.3 is 5.32 Å². The van der Waals surface area contributed by atoms with E-state index in [1.807, 2.05) is 0 Å². The molecule has 0 aromatic rings. The van der Waals surface area contributed by atoms with Crippen LogP contribution in [-0.2, 0) is 9.84 Å². The van der Waals surface area contributed by atoms with Crippen LogP contribution in [0.25, 0.3) is 0 Å². The molecule has 1 saturated heterocycles. The highest BCUT2D eigenvalue weighted by molar-refractivity contribution is 8.13. The van der Waals surface area contributed by atoms with Gasteiger partial charge in [0.05, 0.1) is 11.0 Å². The fourth-order valence-electron chi connectivity index (χ4n) is 3.55. The van der Waals surface area contributed by atoms with Gasteiger partial charge in [-0.3, -0.25) is 4.99 Å². The lowest BCUT2D eigenvalue weighted by Crippen LogP contribution is -2.39. The molecule has 1 N–H and O–H groups in total. The first-order valence-corrected chi connectivity index (χ1v) is 10.4. The van der Waals surface area contributed by atoms with Crippen LogP contribution in [-0.4, -0.2) is 43.4 Å². The number of nitrogens with zero attached hydrogens (tertiary/aromatic N) is 1. The molecule has 1 aliphatic carbocycles. The van der Waals surface area contributed by atoms with Crippen molar-refractivity contribution in [1.29, 1.82) is 0 Å². The molecule has 2 aliphatic heterocycles. The molecule has 2 heterocycles. The van der Waals surface area contributed by atoms with Gasteiger partial charge in [0.15, 0.2) is 15.0 Å². The Bertz CT molecular complexity index is 481. The third-order valence-corrected chi connectivity index (χ3v) is 8.51. The molecule has 0 aromatic carbocycles. The van der Waals surface area contributed by atoms with Gasteiger partial charge in [0.2, 0.25) is 0 Å². The van der Waals surface area contributed by atoms with Crippen LogP contribution in [0.5, 0.6) is 0 Å². The van der Waals surface area contributed by atoms with E-state index in [4.69, 9.17) is 0 Å². The number of rotatable bonds is 2. The lowest BCUT2D eigenvalue weighted by Gasteiger charge is -2.38. The van der Waals surface area contributed by atoms with Crippen molar-refractivity contribution in [3.8, 4) is 0 Å².